The minimum Gasteiger partial charge on any atom is -0.380 e. The van der Waals surface area contributed by atoms with Gasteiger partial charge in [0.2, 0.25) is 0 Å². The molecule has 0 radical (unpaired) electrons. The Morgan fingerprint density at radius 2 is 2.19 bits per heavy atom. The molecule has 0 aliphatic carbocycles. The zero-order valence-electron chi connectivity index (χ0n) is 15.3. The lowest BCUT2D eigenvalue weighted by atomic mass is 10.1. The summed E-state index contributed by atoms with van der Waals surface area (Å²) in [4.78, 5) is 29.2. The molecule has 3 rings (SSSR count). The predicted molar refractivity (Wildman–Crippen MR) is 99.5 cm³/mol. The Balaban J connectivity index is 1.70. The lowest BCUT2D eigenvalue weighted by Gasteiger charge is -2.25. The minimum atomic E-state index is -0.134. The third-order valence-electron chi connectivity index (χ3n) is 4.52. The minimum absolute atomic E-state index is 0.110. The molecule has 2 atom stereocenters. The maximum Gasteiger partial charge on any atom is 0.255 e. The van der Waals surface area contributed by atoms with Gasteiger partial charge in [-0.25, -0.2) is 15.0 Å². The van der Waals surface area contributed by atoms with E-state index in [-0.39, 0.29) is 18.1 Å². The average Bonchev–Trinajstić information content (AvgIpc) is 3.10. The van der Waals surface area contributed by atoms with E-state index in [2.05, 4.69) is 25.2 Å². The van der Waals surface area contributed by atoms with Gasteiger partial charge in [0.25, 0.3) is 5.91 Å². The Labute approximate surface area is 153 Å². The maximum atomic E-state index is 12.7. The molecule has 3 heterocycles. The van der Waals surface area contributed by atoms with Gasteiger partial charge in [0, 0.05) is 46.7 Å². The first kappa shape index (κ1) is 18.1. The summed E-state index contributed by atoms with van der Waals surface area (Å²) in [6.07, 6.45) is 5.88. The number of ether oxygens (including phenoxy) is 1. The number of carbonyl (C=O) groups excluding carboxylic acids is 1. The van der Waals surface area contributed by atoms with Crippen molar-refractivity contribution in [2.75, 3.05) is 44.1 Å². The number of rotatable bonds is 6. The molecule has 8 heteroatoms. The van der Waals surface area contributed by atoms with Crippen molar-refractivity contribution in [2.45, 2.75) is 18.6 Å². The summed E-state index contributed by atoms with van der Waals surface area (Å²) in [6.45, 7) is 1.24. The number of aromatic nitrogens is 3. The van der Waals surface area contributed by atoms with E-state index >= 15 is 0 Å². The molecular weight excluding hydrogens is 332 g/mol. The molecule has 1 amide bonds. The number of nitrogens with zero attached hydrogens (tertiary/aromatic N) is 5. The smallest absolute Gasteiger partial charge is 0.255 e. The fourth-order valence-electron chi connectivity index (χ4n) is 3.21. The van der Waals surface area contributed by atoms with Gasteiger partial charge in [0.1, 0.15) is 18.0 Å². The van der Waals surface area contributed by atoms with Gasteiger partial charge in [-0.1, -0.05) is 0 Å². The zero-order chi connectivity index (χ0) is 18.5. The Kier molecular flexibility index (Phi) is 5.62. The standard InChI is InChI=1S/C18H24N6O2/c1-23(2)17-15(5-4-7-20-17)18(25)21-10-13-9-14(26-3)11-24(13)16-6-8-19-12-22-16/h4-8,12-14H,9-11H2,1-3H3,(H,21,25)/t13-,14-/m1/s1. The van der Waals surface area contributed by atoms with Crippen molar-refractivity contribution in [3.8, 4) is 0 Å². The van der Waals surface area contributed by atoms with Crippen LogP contribution in [0.4, 0.5) is 11.6 Å². The van der Waals surface area contributed by atoms with Crippen LogP contribution in [0.2, 0.25) is 0 Å². The molecule has 2 aromatic rings. The number of carbonyl (C=O) groups is 1. The molecular formula is C18H24N6O2. The van der Waals surface area contributed by atoms with Crippen LogP contribution >= 0.6 is 0 Å². The fraction of sp³-hybridized carbons (Fsp3) is 0.444. The summed E-state index contributed by atoms with van der Waals surface area (Å²) in [5.74, 6) is 1.36. The van der Waals surface area contributed by atoms with Crippen molar-refractivity contribution in [1.82, 2.24) is 20.3 Å². The Hall–Kier alpha value is -2.74. The van der Waals surface area contributed by atoms with Gasteiger partial charge >= 0.3 is 0 Å². The van der Waals surface area contributed by atoms with Crippen molar-refractivity contribution in [1.29, 1.82) is 0 Å². The van der Waals surface area contributed by atoms with Gasteiger partial charge in [-0.3, -0.25) is 4.79 Å². The lowest BCUT2D eigenvalue weighted by molar-refractivity contribution is 0.0946. The molecule has 0 bridgehead atoms. The third kappa shape index (κ3) is 3.91. The highest BCUT2D eigenvalue weighted by atomic mass is 16.5. The van der Waals surface area contributed by atoms with Crippen LogP contribution in [-0.2, 0) is 4.74 Å². The summed E-state index contributed by atoms with van der Waals surface area (Å²) >= 11 is 0. The van der Waals surface area contributed by atoms with Gasteiger partial charge < -0.3 is 19.9 Å². The maximum absolute atomic E-state index is 12.7. The highest BCUT2D eigenvalue weighted by Gasteiger charge is 2.33. The second-order valence-corrected chi connectivity index (χ2v) is 6.45. The van der Waals surface area contributed by atoms with Crippen LogP contribution in [0.3, 0.4) is 0 Å². The van der Waals surface area contributed by atoms with Crippen LogP contribution in [0.5, 0.6) is 0 Å². The number of methoxy groups -OCH3 is 1. The highest BCUT2D eigenvalue weighted by molar-refractivity contribution is 5.98. The number of hydrogen-bond acceptors (Lipinski definition) is 7. The second-order valence-electron chi connectivity index (χ2n) is 6.45. The van der Waals surface area contributed by atoms with E-state index in [4.69, 9.17) is 4.74 Å². The van der Waals surface area contributed by atoms with Crippen LogP contribution < -0.4 is 15.1 Å². The number of nitrogens with one attached hydrogen (secondary N) is 1. The Morgan fingerprint density at radius 1 is 1.35 bits per heavy atom. The monoisotopic (exact) mass is 356 g/mol. The van der Waals surface area contributed by atoms with Gasteiger partial charge in [0.15, 0.2) is 0 Å². The zero-order valence-corrected chi connectivity index (χ0v) is 15.3. The molecule has 0 aromatic carbocycles. The molecule has 1 saturated heterocycles. The first-order valence-electron chi connectivity index (χ1n) is 8.56. The summed E-state index contributed by atoms with van der Waals surface area (Å²) in [5.41, 5.74) is 0.562. The summed E-state index contributed by atoms with van der Waals surface area (Å²) in [7, 11) is 5.45. The summed E-state index contributed by atoms with van der Waals surface area (Å²) in [5, 5.41) is 3.03. The summed E-state index contributed by atoms with van der Waals surface area (Å²) < 4.78 is 5.52. The van der Waals surface area contributed by atoms with E-state index in [9.17, 15) is 4.79 Å². The first-order valence-corrected chi connectivity index (χ1v) is 8.56. The Bertz CT molecular complexity index is 739. The van der Waals surface area contributed by atoms with Crippen molar-refractivity contribution in [2.24, 2.45) is 0 Å². The second kappa shape index (κ2) is 8.09. The van der Waals surface area contributed by atoms with Crippen molar-refractivity contribution in [3.05, 3.63) is 42.5 Å². The van der Waals surface area contributed by atoms with E-state index in [1.165, 1.54) is 6.33 Å². The molecule has 0 unspecified atom stereocenters. The number of pyridine rings is 1. The molecule has 2 aromatic heterocycles. The highest BCUT2D eigenvalue weighted by Crippen LogP contribution is 2.25. The van der Waals surface area contributed by atoms with Crippen molar-refractivity contribution in [3.63, 3.8) is 0 Å². The van der Waals surface area contributed by atoms with Gasteiger partial charge in [-0.05, 0) is 24.6 Å². The topological polar surface area (TPSA) is 83.5 Å². The fourth-order valence-corrected chi connectivity index (χ4v) is 3.21. The molecule has 8 nitrogen and oxygen atoms in total. The van der Waals surface area contributed by atoms with E-state index < -0.39 is 0 Å². The number of anilines is 2. The SMILES string of the molecule is CO[C@@H]1C[C@H](CNC(=O)c2cccnc2N(C)C)N(c2ccncn2)C1. The van der Waals surface area contributed by atoms with Gasteiger partial charge in [-0.2, -0.15) is 0 Å². The molecule has 1 aliphatic heterocycles. The Morgan fingerprint density at radius 3 is 2.88 bits per heavy atom. The lowest BCUT2D eigenvalue weighted by Crippen LogP contribution is -2.41. The van der Waals surface area contributed by atoms with Crippen molar-refractivity contribution >= 4 is 17.5 Å². The van der Waals surface area contributed by atoms with Crippen LogP contribution in [0.25, 0.3) is 0 Å². The van der Waals surface area contributed by atoms with E-state index in [0.29, 0.717) is 17.9 Å². The quantitative estimate of drug-likeness (QED) is 0.825. The first-order chi connectivity index (χ1) is 12.6. The summed E-state index contributed by atoms with van der Waals surface area (Å²) in [6, 6.07) is 5.54. The molecule has 1 fully saturated rings. The van der Waals surface area contributed by atoms with Crippen LogP contribution in [0, 0.1) is 0 Å². The molecule has 0 spiro atoms. The van der Waals surface area contributed by atoms with Gasteiger partial charge in [0.05, 0.1) is 17.7 Å². The van der Waals surface area contributed by atoms with Crippen LogP contribution in [0.15, 0.2) is 36.9 Å². The van der Waals surface area contributed by atoms with E-state index in [0.717, 1.165) is 18.8 Å². The predicted octanol–water partition coefficient (Wildman–Crippen LogP) is 0.961. The molecule has 0 saturated carbocycles. The normalized spacial score (nSPS) is 19.4. The van der Waals surface area contributed by atoms with Gasteiger partial charge in [-0.15, -0.1) is 0 Å². The molecule has 138 valence electrons. The molecule has 26 heavy (non-hydrogen) atoms. The average molecular weight is 356 g/mol. The molecule has 1 aliphatic rings. The number of amides is 1. The largest absolute Gasteiger partial charge is 0.380 e. The number of hydrogen-bond donors (Lipinski definition) is 1. The van der Waals surface area contributed by atoms with Crippen molar-refractivity contribution < 1.29 is 9.53 Å². The van der Waals surface area contributed by atoms with E-state index in [1.807, 2.05) is 25.1 Å². The molecule has 1 N–H and O–H groups in total. The van der Waals surface area contributed by atoms with E-state index in [1.54, 1.807) is 31.6 Å². The van der Waals surface area contributed by atoms with Crippen LogP contribution in [-0.4, -0.2) is 67.3 Å². The van der Waals surface area contributed by atoms with Crippen LogP contribution in [0.1, 0.15) is 16.8 Å². The third-order valence-corrected chi connectivity index (χ3v) is 4.52.